The summed E-state index contributed by atoms with van der Waals surface area (Å²) in [7, 11) is 0. The minimum atomic E-state index is -0.542. The minimum absolute atomic E-state index is 0.179. The zero-order chi connectivity index (χ0) is 32.0. The van der Waals surface area contributed by atoms with Crippen molar-refractivity contribution in [3.05, 3.63) is 36.5 Å². The van der Waals surface area contributed by atoms with Gasteiger partial charge in [0.15, 0.2) is 0 Å². The molecule has 0 bridgehead atoms. The van der Waals surface area contributed by atoms with Gasteiger partial charge < -0.3 is 14.6 Å². The minimum Gasteiger partial charge on any atom is -0.457 e. The van der Waals surface area contributed by atoms with Gasteiger partial charge in [0.1, 0.15) is 6.10 Å². The highest BCUT2D eigenvalue weighted by Gasteiger charge is 2.13. The molecule has 0 spiro atoms. The van der Waals surface area contributed by atoms with E-state index in [0.29, 0.717) is 13.0 Å². The molecule has 44 heavy (non-hydrogen) atoms. The predicted octanol–water partition coefficient (Wildman–Crippen LogP) is 12.1. The number of rotatable bonds is 35. The number of ether oxygens (including phenoxy) is 2. The molecule has 0 amide bonds. The van der Waals surface area contributed by atoms with Gasteiger partial charge in [0.05, 0.1) is 13.2 Å². The van der Waals surface area contributed by atoms with Crippen LogP contribution in [0.4, 0.5) is 0 Å². The van der Waals surface area contributed by atoms with Crippen molar-refractivity contribution >= 4 is 5.97 Å². The van der Waals surface area contributed by atoms with Crippen LogP contribution in [0.3, 0.4) is 0 Å². The summed E-state index contributed by atoms with van der Waals surface area (Å²) in [6.45, 7) is 5.30. The molecule has 0 heterocycles. The van der Waals surface area contributed by atoms with Gasteiger partial charge in [-0.15, -0.1) is 0 Å². The fraction of sp³-hybridized carbons (Fsp3) is 0.825. The topological polar surface area (TPSA) is 55.8 Å². The second-order valence-corrected chi connectivity index (χ2v) is 12.6. The smallest absolute Gasteiger partial charge is 0.306 e. The number of aliphatic hydroxyl groups excluding tert-OH is 1. The summed E-state index contributed by atoms with van der Waals surface area (Å²) < 4.78 is 11.1. The average molecular weight is 619 g/mol. The predicted molar refractivity (Wildman–Crippen MR) is 191 cm³/mol. The summed E-state index contributed by atoms with van der Waals surface area (Å²) in [5, 5.41) is 9.56. The Kier molecular flexibility index (Phi) is 36.6. The van der Waals surface area contributed by atoms with Gasteiger partial charge in [-0.2, -0.15) is 0 Å². The normalized spacial score (nSPS) is 12.7. The third-order valence-corrected chi connectivity index (χ3v) is 8.19. The highest BCUT2D eigenvalue weighted by atomic mass is 16.6. The molecule has 0 aromatic rings. The quantitative estimate of drug-likeness (QED) is 0.0436. The number of carbonyl (C=O) groups excluding carboxylic acids is 1. The molecule has 1 N–H and O–H groups in total. The first kappa shape index (κ1) is 42.6. The second kappa shape index (κ2) is 37.8. The Morgan fingerprint density at radius 2 is 0.955 bits per heavy atom. The number of unbranched alkanes of at least 4 members (excludes halogenated alkanes) is 21. The summed E-state index contributed by atoms with van der Waals surface area (Å²) in [6.07, 6.45) is 46.1. The molecule has 0 aliphatic carbocycles. The lowest BCUT2D eigenvalue weighted by Crippen LogP contribution is -2.27. The molecular weight excluding hydrogens is 544 g/mol. The SMILES string of the molecule is CCCCCC/C=C\C/C=C\CCCCCCCC(=O)OC(CO)COCCCCCCCC/C=C\CCCCCCCC. The van der Waals surface area contributed by atoms with Crippen molar-refractivity contribution in [3.8, 4) is 0 Å². The second-order valence-electron chi connectivity index (χ2n) is 12.6. The summed E-state index contributed by atoms with van der Waals surface area (Å²) in [5.41, 5.74) is 0. The van der Waals surface area contributed by atoms with E-state index < -0.39 is 6.10 Å². The number of carbonyl (C=O) groups is 1. The number of aliphatic hydroxyl groups is 1. The molecule has 0 aromatic heterocycles. The van der Waals surface area contributed by atoms with Gasteiger partial charge in [-0.1, -0.05) is 147 Å². The van der Waals surface area contributed by atoms with E-state index >= 15 is 0 Å². The van der Waals surface area contributed by atoms with Crippen molar-refractivity contribution in [2.45, 2.75) is 193 Å². The molecular formula is C40H74O4. The Hall–Kier alpha value is -1.39. The highest BCUT2D eigenvalue weighted by Crippen LogP contribution is 2.12. The lowest BCUT2D eigenvalue weighted by molar-refractivity contribution is -0.154. The van der Waals surface area contributed by atoms with Gasteiger partial charge in [-0.25, -0.2) is 0 Å². The fourth-order valence-electron chi connectivity index (χ4n) is 5.29. The largest absolute Gasteiger partial charge is 0.457 e. The Balaban J connectivity index is 3.48. The Morgan fingerprint density at radius 1 is 0.545 bits per heavy atom. The molecule has 0 aromatic carbocycles. The fourth-order valence-corrected chi connectivity index (χ4v) is 5.29. The van der Waals surface area contributed by atoms with Crippen molar-refractivity contribution in [2.24, 2.45) is 0 Å². The first-order valence-electron chi connectivity index (χ1n) is 19.1. The van der Waals surface area contributed by atoms with Crippen LogP contribution in [0.15, 0.2) is 36.5 Å². The molecule has 4 heteroatoms. The van der Waals surface area contributed by atoms with Crippen LogP contribution < -0.4 is 0 Å². The van der Waals surface area contributed by atoms with Gasteiger partial charge in [0, 0.05) is 13.0 Å². The Labute approximate surface area is 274 Å². The number of allylic oxidation sites excluding steroid dienone is 6. The molecule has 258 valence electrons. The van der Waals surface area contributed by atoms with Crippen LogP contribution in [0.5, 0.6) is 0 Å². The maximum Gasteiger partial charge on any atom is 0.306 e. The van der Waals surface area contributed by atoms with Crippen LogP contribution in [-0.2, 0) is 14.3 Å². The number of hydrogen-bond donors (Lipinski definition) is 1. The first-order chi connectivity index (χ1) is 21.7. The summed E-state index contributed by atoms with van der Waals surface area (Å²) in [6, 6.07) is 0. The molecule has 0 fully saturated rings. The lowest BCUT2D eigenvalue weighted by Gasteiger charge is -2.15. The third kappa shape index (κ3) is 35.1. The van der Waals surface area contributed by atoms with E-state index in [1.54, 1.807) is 0 Å². The van der Waals surface area contributed by atoms with Gasteiger partial charge in [-0.3, -0.25) is 4.79 Å². The van der Waals surface area contributed by atoms with Crippen LogP contribution in [-0.4, -0.2) is 37.0 Å². The van der Waals surface area contributed by atoms with Crippen molar-refractivity contribution in [3.63, 3.8) is 0 Å². The molecule has 4 nitrogen and oxygen atoms in total. The number of hydrogen-bond acceptors (Lipinski definition) is 4. The highest BCUT2D eigenvalue weighted by molar-refractivity contribution is 5.69. The van der Waals surface area contributed by atoms with Crippen molar-refractivity contribution < 1.29 is 19.4 Å². The Bertz CT molecular complexity index is 654. The first-order valence-corrected chi connectivity index (χ1v) is 19.1. The molecule has 1 atom stereocenters. The summed E-state index contributed by atoms with van der Waals surface area (Å²) in [4.78, 5) is 12.1. The van der Waals surface area contributed by atoms with Gasteiger partial charge in [-0.05, 0) is 70.6 Å². The molecule has 0 saturated carbocycles. The van der Waals surface area contributed by atoms with Gasteiger partial charge >= 0.3 is 5.97 Å². The molecule has 0 aliphatic heterocycles. The van der Waals surface area contributed by atoms with E-state index in [9.17, 15) is 9.90 Å². The van der Waals surface area contributed by atoms with Gasteiger partial charge in [0.25, 0.3) is 0 Å². The van der Waals surface area contributed by atoms with E-state index in [1.165, 1.54) is 128 Å². The Morgan fingerprint density at radius 3 is 1.45 bits per heavy atom. The summed E-state index contributed by atoms with van der Waals surface area (Å²) in [5.74, 6) is -0.216. The molecule has 0 aliphatic rings. The maximum absolute atomic E-state index is 12.1. The van der Waals surface area contributed by atoms with E-state index in [-0.39, 0.29) is 19.2 Å². The van der Waals surface area contributed by atoms with Crippen LogP contribution in [0.2, 0.25) is 0 Å². The standard InChI is InChI=1S/C40H74O4/c1-3-5-7-9-11-13-15-17-19-21-23-25-27-29-31-33-35-40(42)44-39(37-41)38-43-36-34-32-30-28-26-24-22-20-18-16-14-12-10-8-6-4-2/h13,15,18-21,39,41H,3-12,14,16-17,22-38H2,1-2H3/b15-13-,20-18-,21-19-. The average Bonchev–Trinajstić information content (AvgIpc) is 3.03. The molecule has 0 saturated heterocycles. The van der Waals surface area contributed by atoms with Crippen LogP contribution >= 0.6 is 0 Å². The monoisotopic (exact) mass is 619 g/mol. The molecule has 0 radical (unpaired) electrons. The zero-order valence-electron chi connectivity index (χ0n) is 29.4. The van der Waals surface area contributed by atoms with E-state index in [0.717, 1.165) is 38.5 Å². The molecule has 1 unspecified atom stereocenters. The summed E-state index contributed by atoms with van der Waals surface area (Å²) >= 11 is 0. The van der Waals surface area contributed by atoms with Gasteiger partial charge in [0.2, 0.25) is 0 Å². The molecule has 0 rings (SSSR count). The zero-order valence-corrected chi connectivity index (χ0v) is 29.4. The van der Waals surface area contributed by atoms with E-state index in [1.807, 2.05) is 0 Å². The van der Waals surface area contributed by atoms with Crippen molar-refractivity contribution in [2.75, 3.05) is 19.8 Å². The third-order valence-electron chi connectivity index (χ3n) is 8.19. The van der Waals surface area contributed by atoms with Crippen LogP contribution in [0.25, 0.3) is 0 Å². The lowest BCUT2D eigenvalue weighted by atomic mass is 10.1. The number of esters is 1. The van der Waals surface area contributed by atoms with E-state index in [4.69, 9.17) is 9.47 Å². The maximum atomic E-state index is 12.1. The van der Waals surface area contributed by atoms with Crippen LogP contribution in [0, 0.1) is 0 Å². The van der Waals surface area contributed by atoms with Crippen LogP contribution in [0.1, 0.15) is 187 Å². The van der Waals surface area contributed by atoms with Crippen molar-refractivity contribution in [1.29, 1.82) is 0 Å². The van der Waals surface area contributed by atoms with E-state index in [2.05, 4.69) is 50.3 Å². The van der Waals surface area contributed by atoms with Crippen molar-refractivity contribution in [1.82, 2.24) is 0 Å².